The maximum absolute atomic E-state index is 12.0. The molecule has 1 aromatic heterocycles. The summed E-state index contributed by atoms with van der Waals surface area (Å²) in [5.74, 6) is -0.0604. The van der Waals surface area contributed by atoms with E-state index >= 15 is 0 Å². The Morgan fingerprint density at radius 3 is 2.48 bits per heavy atom. The molecule has 0 bridgehead atoms. The van der Waals surface area contributed by atoms with Crippen LogP contribution < -0.4 is 4.90 Å². The molecule has 0 unspecified atom stereocenters. The number of hydrogen-bond donors (Lipinski definition) is 0. The van der Waals surface area contributed by atoms with E-state index in [1.807, 2.05) is 29.2 Å². The number of nitro groups is 1. The van der Waals surface area contributed by atoms with Crippen LogP contribution in [-0.4, -0.2) is 40.6 Å². The van der Waals surface area contributed by atoms with Gasteiger partial charge in [-0.15, -0.1) is 0 Å². The highest BCUT2D eigenvalue weighted by Crippen LogP contribution is 2.36. The summed E-state index contributed by atoms with van der Waals surface area (Å²) in [4.78, 5) is 33.8. The van der Waals surface area contributed by atoms with Gasteiger partial charge in [-0.1, -0.05) is 37.6 Å². The number of aromatic nitrogens is 2. The van der Waals surface area contributed by atoms with Crippen molar-refractivity contribution in [2.75, 3.05) is 24.6 Å². The summed E-state index contributed by atoms with van der Waals surface area (Å²) < 4.78 is 5.10. The summed E-state index contributed by atoms with van der Waals surface area (Å²) >= 11 is 0. The van der Waals surface area contributed by atoms with Gasteiger partial charge in [-0.25, -0.2) is 9.97 Å². The molecule has 2 aromatic rings. The van der Waals surface area contributed by atoms with Crippen LogP contribution in [0.3, 0.4) is 0 Å². The van der Waals surface area contributed by atoms with Gasteiger partial charge in [-0.05, 0) is 31.7 Å². The third-order valence-electron chi connectivity index (χ3n) is 5.17. The van der Waals surface area contributed by atoms with E-state index in [2.05, 4.69) is 16.9 Å². The van der Waals surface area contributed by atoms with Gasteiger partial charge in [0, 0.05) is 18.7 Å². The van der Waals surface area contributed by atoms with E-state index in [0.29, 0.717) is 49.6 Å². The second-order valence-electron chi connectivity index (χ2n) is 7.11. The van der Waals surface area contributed by atoms with Crippen molar-refractivity contribution in [3.05, 3.63) is 46.3 Å². The topological polar surface area (TPSA) is 98.5 Å². The lowest BCUT2D eigenvalue weighted by molar-refractivity contribution is -0.383. The summed E-state index contributed by atoms with van der Waals surface area (Å²) in [6.45, 7) is 5.28. The van der Waals surface area contributed by atoms with E-state index in [1.54, 1.807) is 6.92 Å². The van der Waals surface area contributed by atoms with Crippen molar-refractivity contribution < 1.29 is 14.5 Å². The van der Waals surface area contributed by atoms with Gasteiger partial charge in [0.25, 0.3) is 0 Å². The summed E-state index contributed by atoms with van der Waals surface area (Å²) in [6, 6.07) is 7.71. The predicted octanol–water partition coefficient (Wildman–Crippen LogP) is 3.78. The van der Waals surface area contributed by atoms with Gasteiger partial charge in [0.05, 0.1) is 17.4 Å². The lowest BCUT2D eigenvalue weighted by Crippen LogP contribution is -2.37. The van der Waals surface area contributed by atoms with Crippen LogP contribution in [0.4, 0.5) is 11.5 Å². The molecule has 0 radical (unpaired) electrons. The average molecular weight is 398 g/mol. The summed E-state index contributed by atoms with van der Waals surface area (Å²) in [6.07, 6.45) is 4.54. The summed E-state index contributed by atoms with van der Waals surface area (Å²) in [5.41, 5.74) is 2.11. The highest BCUT2D eigenvalue weighted by molar-refractivity contribution is 5.78. The fourth-order valence-electron chi connectivity index (χ4n) is 3.69. The number of anilines is 1. The molecule has 1 aromatic carbocycles. The Balaban J connectivity index is 1.86. The van der Waals surface area contributed by atoms with Crippen LogP contribution in [0.5, 0.6) is 0 Å². The zero-order valence-electron chi connectivity index (χ0n) is 16.8. The van der Waals surface area contributed by atoms with Crippen molar-refractivity contribution >= 4 is 17.5 Å². The van der Waals surface area contributed by atoms with Crippen LogP contribution in [0.1, 0.15) is 38.7 Å². The fourth-order valence-corrected chi connectivity index (χ4v) is 3.69. The van der Waals surface area contributed by atoms with Crippen molar-refractivity contribution in [1.82, 2.24) is 9.97 Å². The predicted molar refractivity (Wildman–Crippen MR) is 110 cm³/mol. The van der Waals surface area contributed by atoms with E-state index in [-0.39, 0.29) is 17.6 Å². The molecule has 8 heteroatoms. The molecule has 0 spiro atoms. The van der Waals surface area contributed by atoms with E-state index in [1.165, 1.54) is 11.9 Å². The van der Waals surface area contributed by atoms with Crippen molar-refractivity contribution in [2.24, 2.45) is 5.92 Å². The number of nitrogens with zero attached hydrogens (tertiary/aromatic N) is 4. The number of hydrogen-bond acceptors (Lipinski definition) is 7. The summed E-state index contributed by atoms with van der Waals surface area (Å²) in [7, 11) is 0. The van der Waals surface area contributed by atoms with Crippen LogP contribution in [0.2, 0.25) is 0 Å². The molecule has 29 heavy (non-hydrogen) atoms. The average Bonchev–Trinajstić information content (AvgIpc) is 2.74. The molecular weight excluding hydrogens is 372 g/mol. The highest BCUT2D eigenvalue weighted by atomic mass is 16.6. The maximum atomic E-state index is 12.0. The second-order valence-corrected chi connectivity index (χ2v) is 7.11. The first kappa shape index (κ1) is 20.7. The Morgan fingerprint density at radius 1 is 1.21 bits per heavy atom. The van der Waals surface area contributed by atoms with Gasteiger partial charge < -0.3 is 9.64 Å². The Morgan fingerprint density at radius 2 is 1.90 bits per heavy atom. The van der Waals surface area contributed by atoms with Crippen molar-refractivity contribution in [3.8, 4) is 11.3 Å². The first-order valence-corrected chi connectivity index (χ1v) is 10.0. The number of esters is 1. The van der Waals surface area contributed by atoms with Gasteiger partial charge in [0.1, 0.15) is 6.33 Å². The first-order chi connectivity index (χ1) is 14.0. The quantitative estimate of drug-likeness (QED) is 0.397. The van der Waals surface area contributed by atoms with Gasteiger partial charge in [0.15, 0.2) is 5.69 Å². The van der Waals surface area contributed by atoms with Gasteiger partial charge in [-0.3, -0.25) is 14.9 Å². The van der Waals surface area contributed by atoms with Crippen LogP contribution in [0, 0.1) is 16.0 Å². The zero-order valence-corrected chi connectivity index (χ0v) is 16.8. The molecule has 0 aliphatic carbocycles. The first-order valence-electron chi connectivity index (χ1n) is 10.0. The third kappa shape index (κ3) is 4.70. The molecule has 154 valence electrons. The molecule has 0 amide bonds. The normalized spacial score (nSPS) is 14.6. The number of carbonyl (C=O) groups excluding carboxylic acids is 1. The third-order valence-corrected chi connectivity index (χ3v) is 5.17. The fraction of sp³-hybridized carbons (Fsp3) is 0.476. The smallest absolute Gasteiger partial charge is 0.337 e. The number of carbonyl (C=O) groups is 1. The van der Waals surface area contributed by atoms with E-state index in [0.717, 1.165) is 12.8 Å². The minimum atomic E-state index is -0.415. The molecule has 0 N–H and O–H groups in total. The van der Waals surface area contributed by atoms with Gasteiger partial charge in [0.2, 0.25) is 5.82 Å². The standard InChI is InChI=1S/C21H26N4O4/c1-3-5-15-6-8-16(9-7-15)18-19(25(27)28)20(23-14-22-18)24-12-10-17(11-13-24)21(26)29-4-2/h6-9,14,17H,3-5,10-13H2,1-2H3. The Bertz CT molecular complexity index is 861. The summed E-state index contributed by atoms with van der Waals surface area (Å²) in [5, 5.41) is 11.9. The zero-order chi connectivity index (χ0) is 20.8. The van der Waals surface area contributed by atoms with Crippen LogP contribution in [0.25, 0.3) is 11.3 Å². The largest absolute Gasteiger partial charge is 0.466 e. The lowest BCUT2D eigenvalue weighted by Gasteiger charge is -2.31. The number of aryl methyl sites for hydroxylation is 1. The van der Waals surface area contributed by atoms with E-state index in [4.69, 9.17) is 4.74 Å². The van der Waals surface area contributed by atoms with Gasteiger partial charge >= 0.3 is 11.7 Å². The molecular formula is C21H26N4O4. The Kier molecular flexibility index (Phi) is 6.74. The molecule has 8 nitrogen and oxygen atoms in total. The molecule has 1 aliphatic heterocycles. The highest BCUT2D eigenvalue weighted by Gasteiger charge is 2.32. The number of benzene rings is 1. The SMILES string of the molecule is CCCc1ccc(-c2ncnc(N3CCC(C(=O)OCC)CC3)c2[N+](=O)[O-])cc1. The van der Waals surface area contributed by atoms with Crippen LogP contribution >= 0.6 is 0 Å². The molecule has 1 fully saturated rings. The van der Waals surface area contributed by atoms with Crippen molar-refractivity contribution in [3.63, 3.8) is 0 Å². The Labute approximate surface area is 170 Å². The van der Waals surface area contributed by atoms with Crippen molar-refractivity contribution in [2.45, 2.75) is 39.5 Å². The molecule has 2 heterocycles. The monoisotopic (exact) mass is 398 g/mol. The minimum absolute atomic E-state index is 0.0923. The molecule has 1 aliphatic rings. The maximum Gasteiger partial charge on any atom is 0.337 e. The molecule has 0 atom stereocenters. The van der Waals surface area contributed by atoms with Crippen LogP contribution in [-0.2, 0) is 16.0 Å². The number of ether oxygens (including phenoxy) is 1. The van der Waals surface area contributed by atoms with Gasteiger partial charge in [-0.2, -0.15) is 0 Å². The Hall–Kier alpha value is -3.03. The number of rotatable bonds is 7. The molecule has 0 saturated carbocycles. The van der Waals surface area contributed by atoms with Crippen LogP contribution in [0.15, 0.2) is 30.6 Å². The minimum Gasteiger partial charge on any atom is -0.466 e. The lowest BCUT2D eigenvalue weighted by atomic mass is 9.97. The van der Waals surface area contributed by atoms with E-state index < -0.39 is 4.92 Å². The molecule has 1 saturated heterocycles. The van der Waals surface area contributed by atoms with Crippen molar-refractivity contribution in [1.29, 1.82) is 0 Å². The number of piperidine rings is 1. The second kappa shape index (κ2) is 9.45. The molecule has 3 rings (SSSR count). The van der Waals surface area contributed by atoms with E-state index in [9.17, 15) is 14.9 Å².